The molecule has 0 saturated heterocycles. The highest BCUT2D eigenvalue weighted by Gasteiger charge is 2.29. The highest BCUT2D eigenvalue weighted by atomic mass is 35.5. The third-order valence-electron chi connectivity index (χ3n) is 3.79. The largest absolute Gasteiger partial charge is 0.0843 e. The average molecular weight is 239 g/mol. The first-order chi connectivity index (χ1) is 8.33. The van der Waals surface area contributed by atoms with E-state index in [1.54, 1.807) is 5.57 Å². The molecule has 82 valence electrons. The van der Waals surface area contributed by atoms with E-state index in [0.29, 0.717) is 0 Å². The Morgan fingerprint density at radius 3 is 2.47 bits per heavy atom. The van der Waals surface area contributed by atoms with Gasteiger partial charge in [0.25, 0.3) is 0 Å². The Morgan fingerprint density at radius 2 is 1.59 bits per heavy atom. The summed E-state index contributed by atoms with van der Waals surface area (Å²) >= 11 is 6.12. The Kier molecular flexibility index (Phi) is 1.81. The molecule has 0 aromatic heterocycles. The van der Waals surface area contributed by atoms with Gasteiger partial charge in [-0.15, -0.1) is 0 Å². The number of hydrogen-bond acceptors (Lipinski definition) is 0. The first-order valence-electron chi connectivity index (χ1n) is 5.92. The summed E-state index contributed by atoms with van der Waals surface area (Å²) in [5.41, 5.74) is 8.64. The third-order valence-corrected chi connectivity index (χ3v) is 4.02. The highest BCUT2D eigenvalue weighted by molar-refractivity contribution is 6.30. The zero-order valence-electron chi connectivity index (χ0n) is 9.33. The molecule has 0 saturated carbocycles. The van der Waals surface area contributed by atoms with E-state index in [-0.39, 0.29) is 0 Å². The molecule has 0 radical (unpaired) electrons. The van der Waals surface area contributed by atoms with Gasteiger partial charge in [0.2, 0.25) is 0 Å². The second-order valence-electron chi connectivity index (χ2n) is 4.79. The summed E-state index contributed by atoms with van der Waals surface area (Å²) in [5, 5.41) is 0.835. The summed E-state index contributed by atoms with van der Waals surface area (Å²) < 4.78 is 0. The molecule has 17 heavy (non-hydrogen) atoms. The molecule has 0 nitrogen and oxygen atoms in total. The van der Waals surface area contributed by atoms with E-state index in [9.17, 15) is 0 Å². The van der Waals surface area contributed by atoms with Gasteiger partial charge in [-0.05, 0) is 52.8 Å². The van der Waals surface area contributed by atoms with Crippen LogP contribution in [0.15, 0.2) is 48.0 Å². The van der Waals surface area contributed by atoms with Crippen molar-refractivity contribution in [3.05, 3.63) is 75.3 Å². The molecule has 0 fully saturated rings. The molecule has 0 N–H and O–H groups in total. The van der Waals surface area contributed by atoms with Gasteiger partial charge in [-0.25, -0.2) is 0 Å². The van der Waals surface area contributed by atoms with Crippen molar-refractivity contribution in [3.8, 4) is 0 Å². The van der Waals surface area contributed by atoms with Crippen LogP contribution < -0.4 is 0 Å². The molecule has 0 bridgehead atoms. The third kappa shape index (κ3) is 1.25. The minimum absolute atomic E-state index is 0.835. The van der Waals surface area contributed by atoms with Crippen molar-refractivity contribution in [1.82, 2.24) is 0 Å². The van der Waals surface area contributed by atoms with Gasteiger partial charge in [-0.3, -0.25) is 0 Å². The topological polar surface area (TPSA) is 0 Å². The van der Waals surface area contributed by atoms with E-state index < -0.39 is 0 Å². The Labute approximate surface area is 106 Å². The summed E-state index contributed by atoms with van der Waals surface area (Å²) in [6, 6.07) is 15.0. The maximum absolute atomic E-state index is 6.12. The summed E-state index contributed by atoms with van der Waals surface area (Å²) in [7, 11) is 0. The van der Waals surface area contributed by atoms with Crippen LogP contribution in [0.2, 0.25) is 5.02 Å². The number of hydrogen-bond donors (Lipinski definition) is 0. The zero-order valence-corrected chi connectivity index (χ0v) is 10.1. The monoisotopic (exact) mass is 238 g/mol. The zero-order chi connectivity index (χ0) is 11.4. The molecule has 0 amide bonds. The Bertz CT molecular complexity index is 665. The summed E-state index contributed by atoms with van der Waals surface area (Å²) in [4.78, 5) is 0. The molecule has 2 aromatic rings. The summed E-state index contributed by atoms with van der Waals surface area (Å²) in [6.45, 7) is 0. The molecule has 0 aliphatic heterocycles. The highest BCUT2D eigenvalue weighted by Crippen LogP contribution is 2.45. The van der Waals surface area contributed by atoms with Crippen molar-refractivity contribution in [1.29, 1.82) is 0 Å². The van der Waals surface area contributed by atoms with Gasteiger partial charge in [-0.2, -0.15) is 0 Å². The van der Waals surface area contributed by atoms with Crippen molar-refractivity contribution in [3.63, 3.8) is 0 Å². The van der Waals surface area contributed by atoms with E-state index in [1.165, 1.54) is 27.8 Å². The summed E-state index contributed by atoms with van der Waals surface area (Å²) in [6.07, 6.45) is 2.20. The van der Waals surface area contributed by atoms with Crippen LogP contribution in [-0.2, 0) is 12.8 Å². The van der Waals surface area contributed by atoms with Crippen LogP contribution in [0.25, 0.3) is 5.57 Å². The molecule has 4 rings (SSSR count). The molecule has 0 heterocycles. The lowest BCUT2D eigenvalue weighted by Crippen LogP contribution is -1.91. The fourth-order valence-corrected chi connectivity index (χ4v) is 3.25. The van der Waals surface area contributed by atoms with Gasteiger partial charge in [0.15, 0.2) is 0 Å². The first-order valence-corrected chi connectivity index (χ1v) is 6.30. The van der Waals surface area contributed by atoms with Crippen LogP contribution in [0.4, 0.5) is 0 Å². The van der Waals surface area contributed by atoms with Crippen LogP contribution in [0.5, 0.6) is 0 Å². The van der Waals surface area contributed by atoms with Crippen molar-refractivity contribution < 1.29 is 0 Å². The molecular weight excluding hydrogens is 228 g/mol. The Hall–Kier alpha value is -1.53. The molecule has 1 heteroatoms. The number of fused-ring (bicyclic) bond motifs is 4. The van der Waals surface area contributed by atoms with Crippen molar-refractivity contribution in [2.24, 2.45) is 0 Å². The lowest BCUT2D eigenvalue weighted by molar-refractivity contribution is 1.09. The van der Waals surface area contributed by atoms with Gasteiger partial charge in [0.05, 0.1) is 0 Å². The molecular formula is C16H11Cl. The molecule has 2 aliphatic rings. The lowest BCUT2D eigenvalue weighted by atomic mass is 9.97. The SMILES string of the molecule is Clc1ccc2c(c1)C1=C(Cc3ccccc31)C2. The fraction of sp³-hybridized carbons (Fsp3) is 0.125. The number of allylic oxidation sites excluding steroid dienone is 1. The van der Waals surface area contributed by atoms with Crippen LogP contribution in [0.3, 0.4) is 0 Å². The van der Waals surface area contributed by atoms with Gasteiger partial charge < -0.3 is 0 Å². The normalized spacial score (nSPS) is 15.8. The van der Waals surface area contributed by atoms with E-state index >= 15 is 0 Å². The maximum atomic E-state index is 6.12. The van der Waals surface area contributed by atoms with Crippen LogP contribution in [0.1, 0.15) is 22.3 Å². The van der Waals surface area contributed by atoms with Crippen molar-refractivity contribution >= 4 is 17.2 Å². The van der Waals surface area contributed by atoms with Crippen molar-refractivity contribution in [2.45, 2.75) is 12.8 Å². The number of halogens is 1. The molecule has 0 unspecified atom stereocenters. The van der Waals surface area contributed by atoms with Crippen LogP contribution in [0, 0.1) is 0 Å². The standard InChI is InChI=1S/C16H11Cl/c17-13-6-5-11-8-12-7-10-3-1-2-4-14(10)16(12)15(11)9-13/h1-6,9H,7-8H2. The Morgan fingerprint density at radius 1 is 0.824 bits per heavy atom. The van der Waals surface area contributed by atoms with Gasteiger partial charge in [0, 0.05) is 5.02 Å². The maximum Gasteiger partial charge on any atom is 0.0412 e. The first kappa shape index (κ1) is 9.49. The Balaban J connectivity index is 1.98. The smallest absolute Gasteiger partial charge is 0.0412 e. The summed E-state index contributed by atoms with van der Waals surface area (Å²) in [5.74, 6) is 0. The van der Waals surface area contributed by atoms with Crippen LogP contribution >= 0.6 is 11.6 Å². The molecule has 2 aliphatic carbocycles. The van der Waals surface area contributed by atoms with E-state index in [2.05, 4.69) is 36.4 Å². The molecule has 0 atom stereocenters. The number of rotatable bonds is 0. The minimum Gasteiger partial charge on any atom is -0.0843 e. The van der Waals surface area contributed by atoms with Gasteiger partial charge in [-0.1, -0.05) is 47.5 Å². The van der Waals surface area contributed by atoms with Gasteiger partial charge in [0.1, 0.15) is 0 Å². The van der Waals surface area contributed by atoms with E-state index in [1.807, 2.05) is 6.07 Å². The lowest BCUT2D eigenvalue weighted by Gasteiger charge is -2.07. The van der Waals surface area contributed by atoms with Gasteiger partial charge >= 0.3 is 0 Å². The van der Waals surface area contributed by atoms with E-state index in [0.717, 1.165) is 17.9 Å². The quantitative estimate of drug-likeness (QED) is 0.644. The predicted molar refractivity (Wildman–Crippen MR) is 71.3 cm³/mol. The van der Waals surface area contributed by atoms with E-state index in [4.69, 9.17) is 11.6 Å². The molecule has 2 aromatic carbocycles. The second kappa shape index (κ2) is 3.24. The fourth-order valence-electron chi connectivity index (χ4n) is 3.08. The molecule has 0 spiro atoms. The number of benzene rings is 2. The average Bonchev–Trinajstić information content (AvgIpc) is 2.84. The second-order valence-corrected chi connectivity index (χ2v) is 5.23. The van der Waals surface area contributed by atoms with Crippen LogP contribution in [-0.4, -0.2) is 0 Å². The predicted octanol–water partition coefficient (Wildman–Crippen LogP) is 4.25. The van der Waals surface area contributed by atoms with Crippen molar-refractivity contribution in [2.75, 3.05) is 0 Å². The minimum atomic E-state index is 0.835.